The van der Waals surface area contributed by atoms with Gasteiger partial charge in [0.2, 0.25) is 0 Å². The smallest absolute Gasteiger partial charge is 0.315 e. The van der Waals surface area contributed by atoms with Crippen molar-refractivity contribution in [2.45, 2.75) is 38.2 Å². The average Bonchev–Trinajstić information content (AvgIpc) is 2.27. The van der Waals surface area contributed by atoms with Gasteiger partial charge in [-0.3, -0.25) is 4.79 Å². The van der Waals surface area contributed by atoms with E-state index in [2.05, 4.69) is 5.32 Å². The number of carboxylic acid groups (broad SMARTS) is 1. The monoisotopic (exact) mass is 250 g/mol. The first kappa shape index (κ1) is 13.7. The molecule has 0 aromatic rings. The maximum atomic E-state index is 11.8. The first-order chi connectivity index (χ1) is 8.00. The Morgan fingerprint density at radius 2 is 1.94 bits per heavy atom. The summed E-state index contributed by atoms with van der Waals surface area (Å²) in [6, 6.07) is -1.21. The van der Waals surface area contributed by atoms with Gasteiger partial charge in [-0.1, -0.05) is 12.8 Å². The molecule has 0 aromatic heterocycles. The second kappa shape index (κ2) is 6.36. The fraction of sp³-hybridized carbons (Fsp3) is 0.800. The lowest BCUT2D eigenvalue weighted by atomic mass is 9.84. The Morgan fingerprint density at radius 1 is 1.29 bits per heavy atom. The normalized spacial score (nSPS) is 24.4. The van der Waals surface area contributed by atoms with E-state index in [4.69, 9.17) is 5.11 Å². The summed E-state index contributed by atoms with van der Waals surface area (Å²) in [5, 5.41) is 13.4. The Balaban J connectivity index is 2.42. The van der Waals surface area contributed by atoms with Crippen molar-refractivity contribution in [3.8, 4) is 0 Å². The number of amides is 2. The lowest BCUT2D eigenvalue weighted by Gasteiger charge is -2.29. The van der Waals surface area contributed by atoms with Gasteiger partial charge >= 0.3 is 12.0 Å². The van der Waals surface area contributed by atoms with Crippen LogP contribution in [0, 0.1) is 5.92 Å². The van der Waals surface area contributed by atoms with E-state index < -0.39 is 36.9 Å². The molecule has 0 saturated heterocycles. The van der Waals surface area contributed by atoms with Gasteiger partial charge in [0, 0.05) is 6.04 Å². The van der Waals surface area contributed by atoms with E-state index in [1.807, 2.05) is 5.32 Å². The number of carbonyl (C=O) groups is 2. The molecule has 2 atom stereocenters. The van der Waals surface area contributed by atoms with Crippen LogP contribution in [0.4, 0.5) is 13.6 Å². The van der Waals surface area contributed by atoms with Crippen LogP contribution in [0.1, 0.15) is 25.7 Å². The molecule has 0 heterocycles. The summed E-state index contributed by atoms with van der Waals surface area (Å²) in [5.74, 6) is -1.58. The van der Waals surface area contributed by atoms with Crippen molar-refractivity contribution in [2.75, 3.05) is 6.54 Å². The zero-order valence-electron chi connectivity index (χ0n) is 9.29. The second-order valence-corrected chi connectivity index (χ2v) is 4.08. The van der Waals surface area contributed by atoms with Crippen molar-refractivity contribution in [3.63, 3.8) is 0 Å². The topological polar surface area (TPSA) is 78.4 Å². The molecule has 17 heavy (non-hydrogen) atoms. The lowest BCUT2D eigenvalue weighted by molar-refractivity contribution is -0.143. The minimum atomic E-state index is -2.61. The molecular weight excluding hydrogens is 234 g/mol. The number of halogens is 2. The predicted octanol–water partition coefficient (Wildman–Crippen LogP) is 1.19. The largest absolute Gasteiger partial charge is 0.481 e. The third-order valence-electron chi connectivity index (χ3n) is 2.82. The van der Waals surface area contributed by atoms with Crippen LogP contribution in [0.15, 0.2) is 0 Å². The number of hydrogen-bond acceptors (Lipinski definition) is 2. The first-order valence-electron chi connectivity index (χ1n) is 5.56. The number of urea groups is 1. The van der Waals surface area contributed by atoms with Gasteiger partial charge in [-0.05, 0) is 12.8 Å². The zero-order chi connectivity index (χ0) is 12.8. The van der Waals surface area contributed by atoms with Crippen LogP contribution in [-0.2, 0) is 4.79 Å². The summed E-state index contributed by atoms with van der Waals surface area (Å²) in [5.41, 5.74) is 0. The fourth-order valence-corrected chi connectivity index (χ4v) is 1.99. The van der Waals surface area contributed by atoms with E-state index in [-0.39, 0.29) is 0 Å². The first-order valence-corrected chi connectivity index (χ1v) is 5.56. The van der Waals surface area contributed by atoms with Crippen LogP contribution in [0.2, 0.25) is 0 Å². The standard InChI is InChI=1S/C10H16F2N2O3/c11-8(12)5-13-10(17)14-7-4-2-1-3-6(7)9(15)16/h6-8H,1-5H2,(H,15,16)(H2,13,14,17). The molecule has 0 radical (unpaired) electrons. The third-order valence-corrected chi connectivity index (χ3v) is 2.82. The van der Waals surface area contributed by atoms with Crippen LogP contribution < -0.4 is 10.6 Å². The van der Waals surface area contributed by atoms with E-state index in [9.17, 15) is 18.4 Å². The highest BCUT2D eigenvalue weighted by Gasteiger charge is 2.31. The third kappa shape index (κ3) is 4.54. The lowest BCUT2D eigenvalue weighted by Crippen LogP contribution is -2.49. The molecule has 1 saturated carbocycles. The number of carbonyl (C=O) groups excluding carboxylic acids is 1. The highest BCUT2D eigenvalue weighted by Crippen LogP contribution is 2.24. The number of nitrogens with one attached hydrogen (secondary N) is 2. The van der Waals surface area contributed by atoms with E-state index in [1.54, 1.807) is 0 Å². The van der Waals surface area contributed by atoms with E-state index in [0.29, 0.717) is 12.8 Å². The Morgan fingerprint density at radius 3 is 2.53 bits per heavy atom. The second-order valence-electron chi connectivity index (χ2n) is 4.08. The molecule has 2 amide bonds. The molecular formula is C10H16F2N2O3. The molecule has 1 aliphatic rings. The van der Waals surface area contributed by atoms with Crippen molar-refractivity contribution in [1.29, 1.82) is 0 Å². The summed E-state index contributed by atoms with van der Waals surface area (Å²) in [6.45, 7) is -0.726. The zero-order valence-corrected chi connectivity index (χ0v) is 9.29. The number of rotatable bonds is 4. The van der Waals surface area contributed by atoms with Gasteiger partial charge in [-0.25, -0.2) is 13.6 Å². The van der Waals surface area contributed by atoms with Crippen LogP contribution >= 0.6 is 0 Å². The Bertz CT molecular complexity index is 287. The molecule has 0 aromatic carbocycles. The van der Waals surface area contributed by atoms with Gasteiger partial charge in [0.15, 0.2) is 0 Å². The molecule has 2 unspecified atom stereocenters. The van der Waals surface area contributed by atoms with Crippen molar-refractivity contribution in [1.82, 2.24) is 10.6 Å². The highest BCUT2D eigenvalue weighted by molar-refractivity contribution is 5.76. The maximum absolute atomic E-state index is 11.8. The molecule has 98 valence electrons. The SMILES string of the molecule is O=C(NCC(F)F)NC1CCCCC1C(=O)O. The number of carboxylic acids is 1. The van der Waals surface area contributed by atoms with Crippen molar-refractivity contribution in [2.24, 2.45) is 5.92 Å². The van der Waals surface area contributed by atoms with Gasteiger partial charge in [-0.2, -0.15) is 0 Å². The van der Waals surface area contributed by atoms with Crippen LogP contribution in [0.25, 0.3) is 0 Å². The maximum Gasteiger partial charge on any atom is 0.315 e. The molecule has 1 fully saturated rings. The summed E-state index contributed by atoms with van der Waals surface area (Å²) in [7, 11) is 0. The van der Waals surface area contributed by atoms with Gasteiger partial charge in [0.1, 0.15) is 0 Å². The number of hydrogen-bond donors (Lipinski definition) is 3. The number of alkyl halides is 2. The Hall–Kier alpha value is -1.40. The van der Waals surface area contributed by atoms with Crippen molar-refractivity contribution in [3.05, 3.63) is 0 Å². The van der Waals surface area contributed by atoms with Gasteiger partial charge < -0.3 is 15.7 Å². The molecule has 7 heteroatoms. The van der Waals surface area contributed by atoms with Crippen LogP contribution in [-0.4, -0.2) is 36.1 Å². The minimum absolute atomic E-state index is 0.473. The van der Waals surface area contributed by atoms with E-state index >= 15 is 0 Å². The summed E-state index contributed by atoms with van der Waals surface area (Å²) in [6.07, 6.45) is 0.119. The Kier molecular flexibility index (Phi) is 5.11. The van der Waals surface area contributed by atoms with Gasteiger partial charge in [0.25, 0.3) is 6.43 Å². The summed E-state index contributed by atoms with van der Waals surface area (Å²) >= 11 is 0. The molecule has 0 bridgehead atoms. The van der Waals surface area contributed by atoms with Gasteiger partial charge in [-0.15, -0.1) is 0 Å². The fourth-order valence-electron chi connectivity index (χ4n) is 1.99. The number of aliphatic carboxylic acids is 1. The molecule has 1 aliphatic carbocycles. The van der Waals surface area contributed by atoms with E-state index in [0.717, 1.165) is 12.8 Å². The van der Waals surface area contributed by atoms with E-state index in [1.165, 1.54) is 0 Å². The molecule has 0 aliphatic heterocycles. The predicted molar refractivity (Wildman–Crippen MR) is 55.9 cm³/mol. The van der Waals surface area contributed by atoms with Gasteiger partial charge in [0.05, 0.1) is 12.5 Å². The van der Waals surface area contributed by atoms with Crippen LogP contribution in [0.5, 0.6) is 0 Å². The Labute approximate surface area is 97.6 Å². The molecule has 5 nitrogen and oxygen atoms in total. The summed E-state index contributed by atoms with van der Waals surface area (Å²) in [4.78, 5) is 22.2. The molecule has 0 spiro atoms. The minimum Gasteiger partial charge on any atom is -0.481 e. The molecule has 3 N–H and O–H groups in total. The summed E-state index contributed by atoms with van der Waals surface area (Å²) < 4.78 is 23.7. The quantitative estimate of drug-likeness (QED) is 0.701. The van der Waals surface area contributed by atoms with Crippen molar-refractivity contribution >= 4 is 12.0 Å². The average molecular weight is 250 g/mol. The molecule has 1 rings (SSSR count). The van der Waals surface area contributed by atoms with Crippen molar-refractivity contribution < 1.29 is 23.5 Å². The highest BCUT2D eigenvalue weighted by atomic mass is 19.3. The van der Waals surface area contributed by atoms with Crippen LogP contribution in [0.3, 0.4) is 0 Å².